The Morgan fingerprint density at radius 1 is 1.43 bits per heavy atom. The lowest BCUT2D eigenvalue weighted by Gasteiger charge is -2.32. The number of piperidine rings is 1. The lowest BCUT2D eigenvalue weighted by atomic mass is 10.1. The van der Waals surface area contributed by atoms with E-state index in [1.54, 1.807) is 6.20 Å². The summed E-state index contributed by atoms with van der Waals surface area (Å²) in [6, 6.07) is 1.94. The standard InChI is InChI=1S/C18H29N3O2/c1-3-9-20-18(22)5-4-11-21-12-7-16(8-13-21)23-17-6-10-19-14-15(17)2/h6,10,14,16H,3-5,7-9,11-13H2,1-2H3,(H,20,22). The van der Waals surface area contributed by atoms with Crippen LogP contribution in [0.4, 0.5) is 0 Å². The summed E-state index contributed by atoms with van der Waals surface area (Å²) in [4.78, 5) is 18.1. The summed E-state index contributed by atoms with van der Waals surface area (Å²) < 4.78 is 6.09. The van der Waals surface area contributed by atoms with Crippen LogP contribution in [0.5, 0.6) is 5.75 Å². The molecule has 1 amide bonds. The summed E-state index contributed by atoms with van der Waals surface area (Å²) in [6.07, 6.45) is 8.57. The Bertz CT molecular complexity index is 485. The highest BCUT2D eigenvalue weighted by Crippen LogP contribution is 2.21. The minimum atomic E-state index is 0.179. The Morgan fingerprint density at radius 2 is 2.22 bits per heavy atom. The fourth-order valence-electron chi connectivity index (χ4n) is 2.84. The first-order valence-electron chi connectivity index (χ1n) is 8.75. The predicted octanol–water partition coefficient (Wildman–Crippen LogP) is 2.54. The van der Waals surface area contributed by atoms with Crippen molar-refractivity contribution in [3.63, 3.8) is 0 Å². The van der Waals surface area contributed by atoms with Crippen LogP contribution in [0.15, 0.2) is 18.5 Å². The first-order chi connectivity index (χ1) is 11.2. The van der Waals surface area contributed by atoms with Gasteiger partial charge in [0.1, 0.15) is 11.9 Å². The smallest absolute Gasteiger partial charge is 0.220 e. The molecule has 0 spiro atoms. The van der Waals surface area contributed by atoms with Gasteiger partial charge in [-0.1, -0.05) is 6.92 Å². The number of nitrogens with one attached hydrogen (secondary N) is 1. The van der Waals surface area contributed by atoms with Crippen molar-refractivity contribution in [2.75, 3.05) is 26.2 Å². The minimum absolute atomic E-state index is 0.179. The summed E-state index contributed by atoms with van der Waals surface area (Å²) >= 11 is 0. The Hall–Kier alpha value is -1.62. The first-order valence-corrected chi connectivity index (χ1v) is 8.75. The van der Waals surface area contributed by atoms with Gasteiger partial charge in [0.15, 0.2) is 0 Å². The highest BCUT2D eigenvalue weighted by Gasteiger charge is 2.20. The van der Waals surface area contributed by atoms with Gasteiger partial charge in [-0.05, 0) is 45.2 Å². The number of pyridine rings is 1. The van der Waals surface area contributed by atoms with Crippen molar-refractivity contribution >= 4 is 5.91 Å². The predicted molar refractivity (Wildman–Crippen MR) is 91.6 cm³/mol. The molecule has 0 aromatic carbocycles. The van der Waals surface area contributed by atoms with E-state index in [1.807, 2.05) is 19.2 Å². The number of nitrogens with zero attached hydrogens (tertiary/aromatic N) is 2. The second-order valence-electron chi connectivity index (χ2n) is 6.25. The molecule has 2 rings (SSSR count). The van der Waals surface area contributed by atoms with Crippen molar-refractivity contribution in [3.8, 4) is 5.75 Å². The van der Waals surface area contributed by atoms with Crippen LogP contribution >= 0.6 is 0 Å². The van der Waals surface area contributed by atoms with Crippen LogP contribution in [0.1, 0.15) is 44.6 Å². The van der Waals surface area contributed by atoms with Crippen molar-refractivity contribution in [3.05, 3.63) is 24.0 Å². The van der Waals surface area contributed by atoms with Gasteiger partial charge in [-0.3, -0.25) is 9.78 Å². The summed E-state index contributed by atoms with van der Waals surface area (Å²) in [5, 5.41) is 2.93. The quantitative estimate of drug-likeness (QED) is 0.800. The van der Waals surface area contributed by atoms with Crippen LogP contribution in [-0.4, -0.2) is 48.1 Å². The number of aromatic nitrogens is 1. The van der Waals surface area contributed by atoms with E-state index >= 15 is 0 Å². The van der Waals surface area contributed by atoms with E-state index in [1.165, 1.54) is 0 Å². The van der Waals surface area contributed by atoms with E-state index in [2.05, 4.69) is 22.1 Å². The number of hydrogen-bond donors (Lipinski definition) is 1. The van der Waals surface area contributed by atoms with Crippen molar-refractivity contribution in [1.82, 2.24) is 15.2 Å². The maximum Gasteiger partial charge on any atom is 0.220 e. The number of carbonyl (C=O) groups excluding carboxylic acids is 1. The van der Waals surface area contributed by atoms with E-state index in [4.69, 9.17) is 4.74 Å². The molecule has 1 fully saturated rings. The number of likely N-dealkylation sites (tertiary alicyclic amines) is 1. The summed E-state index contributed by atoms with van der Waals surface area (Å²) in [5.41, 5.74) is 1.09. The molecule has 1 aromatic rings. The van der Waals surface area contributed by atoms with E-state index in [-0.39, 0.29) is 5.91 Å². The largest absolute Gasteiger partial charge is 0.490 e. The monoisotopic (exact) mass is 319 g/mol. The van der Waals surface area contributed by atoms with E-state index < -0.39 is 0 Å². The molecule has 0 unspecified atom stereocenters. The molecule has 1 saturated heterocycles. The third kappa shape index (κ3) is 6.18. The molecule has 1 aliphatic heterocycles. The second-order valence-corrected chi connectivity index (χ2v) is 6.25. The van der Waals surface area contributed by atoms with Crippen molar-refractivity contribution in [2.24, 2.45) is 0 Å². The van der Waals surface area contributed by atoms with E-state index in [0.717, 1.165) is 63.2 Å². The van der Waals surface area contributed by atoms with Crippen LogP contribution in [0.2, 0.25) is 0 Å². The third-order valence-electron chi connectivity index (χ3n) is 4.25. The van der Waals surface area contributed by atoms with Crippen molar-refractivity contribution in [1.29, 1.82) is 0 Å². The zero-order valence-electron chi connectivity index (χ0n) is 14.4. The Balaban J connectivity index is 1.62. The number of carbonyl (C=O) groups is 1. The molecule has 2 heterocycles. The second kappa shape index (κ2) is 9.50. The molecule has 1 aliphatic rings. The van der Waals surface area contributed by atoms with Crippen molar-refractivity contribution in [2.45, 2.75) is 52.1 Å². The zero-order chi connectivity index (χ0) is 16.5. The average molecular weight is 319 g/mol. The molecule has 0 radical (unpaired) electrons. The Kier molecular flexibility index (Phi) is 7.33. The van der Waals surface area contributed by atoms with Gasteiger partial charge in [-0.25, -0.2) is 0 Å². The summed E-state index contributed by atoms with van der Waals surface area (Å²) in [7, 11) is 0. The van der Waals surface area contributed by atoms with Gasteiger partial charge in [-0.15, -0.1) is 0 Å². The number of amides is 1. The van der Waals surface area contributed by atoms with E-state index in [0.29, 0.717) is 12.5 Å². The number of rotatable bonds is 8. The highest BCUT2D eigenvalue weighted by molar-refractivity contribution is 5.75. The minimum Gasteiger partial charge on any atom is -0.490 e. The molecule has 23 heavy (non-hydrogen) atoms. The molecule has 5 heteroatoms. The van der Waals surface area contributed by atoms with Gasteiger partial charge in [0.05, 0.1) is 0 Å². The van der Waals surface area contributed by atoms with Gasteiger partial charge in [0.2, 0.25) is 5.91 Å². The molecule has 128 valence electrons. The zero-order valence-corrected chi connectivity index (χ0v) is 14.4. The fourth-order valence-corrected chi connectivity index (χ4v) is 2.84. The molecule has 1 aromatic heterocycles. The summed E-state index contributed by atoms with van der Waals surface area (Å²) in [5.74, 6) is 1.13. The highest BCUT2D eigenvalue weighted by atomic mass is 16.5. The Morgan fingerprint density at radius 3 is 2.91 bits per heavy atom. The van der Waals surface area contributed by atoms with Crippen LogP contribution < -0.4 is 10.1 Å². The lowest BCUT2D eigenvalue weighted by molar-refractivity contribution is -0.121. The molecule has 0 atom stereocenters. The molecular weight excluding hydrogens is 290 g/mol. The maximum atomic E-state index is 11.6. The molecule has 0 saturated carbocycles. The average Bonchev–Trinajstić information content (AvgIpc) is 2.56. The molecule has 0 bridgehead atoms. The molecule has 0 aliphatic carbocycles. The number of aryl methyl sites for hydroxylation is 1. The molecular formula is C18H29N3O2. The molecule has 1 N–H and O–H groups in total. The van der Waals surface area contributed by atoms with Crippen LogP contribution in [-0.2, 0) is 4.79 Å². The van der Waals surface area contributed by atoms with Gasteiger partial charge in [0.25, 0.3) is 0 Å². The number of ether oxygens (including phenoxy) is 1. The van der Waals surface area contributed by atoms with Gasteiger partial charge < -0.3 is 15.0 Å². The van der Waals surface area contributed by atoms with Crippen LogP contribution in [0.25, 0.3) is 0 Å². The van der Waals surface area contributed by atoms with Crippen molar-refractivity contribution < 1.29 is 9.53 Å². The van der Waals surface area contributed by atoms with E-state index in [9.17, 15) is 4.79 Å². The third-order valence-corrected chi connectivity index (χ3v) is 4.25. The first kappa shape index (κ1) is 17.7. The van der Waals surface area contributed by atoms with Crippen LogP contribution in [0.3, 0.4) is 0 Å². The summed E-state index contributed by atoms with van der Waals surface area (Å²) in [6.45, 7) is 7.98. The maximum absolute atomic E-state index is 11.6. The van der Waals surface area contributed by atoms with Gasteiger partial charge in [0, 0.05) is 44.0 Å². The topological polar surface area (TPSA) is 54.5 Å². The number of hydrogen-bond acceptors (Lipinski definition) is 4. The fraction of sp³-hybridized carbons (Fsp3) is 0.667. The molecule has 5 nitrogen and oxygen atoms in total. The lowest BCUT2D eigenvalue weighted by Crippen LogP contribution is -2.39. The normalized spacial score (nSPS) is 16.3. The van der Waals surface area contributed by atoms with Gasteiger partial charge >= 0.3 is 0 Å². The Labute approximate surface area is 139 Å². The van der Waals surface area contributed by atoms with Gasteiger partial charge in [-0.2, -0.15) is 0 Å². The SMILES string of the molecule is CCCNC(=O)CCCN1CCC(Oc2ccncc2C)CC1. The van der Waals surface area contributed by atoms with Crippen LogP contribution in [0, 0.1) is 6.92 Å².